The lowest BCUT2D eigenvalue weighted by Gasteiger charge is -2.32. The fourth-order valence-corrected chi connectivity index (χ4v) is 3.39. The second-order valence-corrected chi connectivity index (χ2v) is 6.74. The number of aromatic nitrogens is 1. The predicted octanol–water partition coefficient (Wildman–Crippen LogP) is 2.38. The lowest BCUT2D eigenvalue weighted by atomic mass is 9.96. The Morgan fingerprint density at radius 3 is 2.76 bits per heavy atom. The van der Waals surface area contributed by atoms with Crippen molar-refractivity contribution in [1.82, 2.24) is 10.3 Å². The van der Waals surface area contributed by atoms with Crippen molar-refractivity contribution in [3.8, 4) is 0 Å². The molecule has 1 aliphatic heterocycles. The molecule has 0 saturated carbocycles. The highest BCUT2D eigenvalue weighted by atomic mass is 16.1. The third-order valence-electron chi connectivity index (χ3n) is 4.79. The second-order valence-electron chi connectivity index (χ2n) is 6.74. The summed E-state index contributed by atoms with van der Waals surface area (Å²) in [6, 6.07) is 12.6. The minimum atomic E-state index is -0.180. The summed E-state index contributed by atoms with van der Waals surface area (Å²) >= 11 is 0. The van der Waals surface area contributed by atoms with E-state index in [-0.39, 0.29) is 11.8 Å². The van der Waals surface area contributed by atoms with Crippen LogP contribution in [0.2, 0.25) is 0 Å². The van der Waals surface area contributed by atoms with Crippen LogP contribution in [0.4, 0.5) is 5.82 Å². The van der Waals surface area contributed by atoms with E-state index in [9.17, 15) is 4.79 Å². The van der Waals surface area contributed by atoms with Crippen LogP contribution in [0.5, 0.6) is 0 Å². The van der Waals surface area contributed by atoms with Gasteiger partial charge >= 0.3 is 0 Å². The van der Waals surface area contributed by atoms with Gasteiger partial charge in [-0.25, -0.2) is 4.98 Å². The standard InChI is InChI=1S/C20H26N4O/c1-15-4-2-5-16(12-15)13-22-14-18-6-3-9-23-20(18)24-10-7-17(8-11-24)19(21)25/h2-6,9,12,17,22H,7-8,10-11,13-14H2,1H3,(H2,21,25). The zero-order valence-corrected chi connectivity index (χ0v) is 14.7. The first-order valence-corrected chi connectivity index (χ1v) is 8.88. The average Bonchev–Trinajstić information content (AvgIpc) is 2.62. The first-order valence-electron chi connectivity index (χ1n) is 8.88. The summed E-state index contributed by atoms with van der Waals surface area (Å²) in [5.41, 5.74) is 9.18. The molecule has 25 heavy (non-hydrogen) atoms. The number of nitrogens with one attached hydrogen (secondary N) is 1. The second kappa shape index (κ2) is 8.12. The number of nitrogens with two attached hydrogens (primary N) is 1. The Kier molecular flexibility index (Phi) is 5.66. The minimum absolute atomic E-state index is 0.00265. The Labute approximate surface area is 149 Å². The molecule has 0 radical (unpaired) electrons. The number of carbonyl (C=O) groups is 1. The molecule has 3 rings (SSSR count). The van der Waals surface area contributed by atoms with Crippen molar-refractivity contribution in [3.63, 3.8) is 0 Å². The van der Waals surface area contributed by atoms with E-state index in [0.29, 0.717) is 0 Å². The van der Waals surface area contributed by atoms with Gasteiger partial charge in [-0.2, -0.15) is 0 Å². The Morgan fingerprint density at radius 1 is 1.24 bits per heavy atom. The van der Waals surface area contributed by atoms with Gasteiger partial charge in [0.1, 0.15) is 5.82 Å². The van der Waals surface area contributed by atoms with E-state index in [0.717, 1.165) is 44.8 Å². The van der Waals surface area contributed by atoms with E-state index >= 15 is 0 Å². The van der Waals surface area contributed by atoms with E-state index in [4.69, 9.17) is 5.73 Å². The summed E-state index contributed by atoms with van der Waals surface area (Å²) in [6.07, 6.45) is 3.45. The van der Waals surface area contributed by atoms with Crippen molar-refractivity contribution in [2.24, 2.45) is 11.7 Å². The lowest BCUT2D eigenvalue weighted by Crippen LogP contribution is -2.39. The summed E-state index contributed by atoms with van der Waals surface area (Å²) in [5.74, 6) is 0.839. The number of benzene rings is 1. The highest BCUT2D eigenvalue weighted by Gasteiger charge is 2.24. The molecule has 0 spiro atoms. The molecule has 132 valence electrons. The van der Waals surface area contributed by atoms with Gasteiger partial charge in [0.25, 0.3) is 0 Å². The fraction of sp³-hybridized carbons (Fsp3) is 0.400. The van der Waals surface area contributed by atoms with Crippen LogP contribution in [0.1, 0.15) is 29.5 Å². The molecule has 2 aromatic rings. The first-order chi connectivity index (χ1) is 12.1. The summed E-state index contributed by atoms with van der Waals surface area (Å²) in [7, 11) is 0. The average molecular weight is 338 g/mol. The maximum Gasteiger partial charge on any atom is 0.220 e. The van der Waals surface area contributed by atoms with Gasteiger partial charge in [-0.15, -0.1) is 0 Å². The molecule has 1 aromatic carbocycles. The Balaban J connectivity index is 1.60. The number of amides is 1. The van der Waals surface area contributed by atoms with Crippen molar-refractivity contribution in [1.29, 1.82) is 0 Å². The molecule has 1 aromatic heterocycles. The van der Waals surface area contributed by atoms with Crippen molar-refractivity contribution in [2.75, 3.05) is 18.0 Å². The molecule has 1 fully saturated rings. The molecule has 1 amide bonds. The Morgan fingerprint density at radius 2 is 2.04 bits per heavy atom. The van der Waals surface area contributed by atoms with E-state index < -0.39 is 0 Å². The molecule has 5 heteroatoms. The first kappa shape index (κ1) is 17.4. The van der Waals surface area contributed by atoms with E-state index in [1.54, 1.807) is 0 Å². The van der Waals surface area contributed by atoms with Gasteiger partial charge in [0.15, 0.2) is 0 Å². The smallest absolute Gasteiger partial charge is 0.220 e. The minimum Gasteiger partial charge on any atom is -0.369 e. The molecule has 0 aliphatic carbocycles. The van der Waals surface area contributed by atoms with Crippen molar-refractivity contribution >= 4 is 11.7 Å². The van der Waals surface area contributed by atoms with Crippen molar-refractivity contribution in [2.45, 2.75) is 32.9 Å². The molecule has 0 unspecified atom stereocenters. The highest BCUT2D eigenvalue weighted by Crippen LogP contribution is 2.24. The van der Waals surface area contributed by atoms with E-state index in [1.807, 2.05) is 12.3 Å². The molecular formula is C20H26N4O. The number of hydrogen-bond donors (Lipinski definition) is 2. The molecule has 0 bridgehead atoms. The summed E-state index contributed by atoms with van der Waals surface area (Å²) in [4.78, 5) is 18.2. The fourth-order valence-electron chi connectivity index (χ4n) is 3.39. The number of carbonyl (C=O) groups excluding carboxylic acids is 1. The van der Waals surface area contributed by atoms with Crippen molar-refractivity contribution in [3.05, 3.63) is 59.3 Å². The Bertz CT molecular complexity index is 723. The molecular weight excluding hydrogens is 312 g/mol. The molecule has 3 N–H and O–H groups in total. The van der Waals surface area contributed by atoms with Gasteiger partial charge in [0.2, 0.25) is 5.91 Å². The van der Waals surface area contributed by atoms with Gasteiger partial charge in [-0.3, -0.25) is 4.79 Å². The summed E-state index contributed by atoms with van der Waals surface area (Å²) < 4.78 is 0. The van der Waals surface area contributed by atoms with Crippen LogP contribution in [0.3, 0.4) is 0 Å². The van der Waals surface area contributed by atoms with Gasteiger partial charge in [-0.05, 0) is 31.4 Å². The predicted molar refractivity (Wildman–Crippen MR) is 100 cm³/mol. The number of hydrogen-bond acceptors (Lipinski definition) is 4. The normalized spacial score (nSPS) is 15.3. The SMILES string of the molecule is Cc1cccc(CNCc2cccnc2N2CCC(C(N)=O)CC2)c1. The third kappa shape index (κ3) is 4.57. The zero-order valence-electron chi connectivity index (χ0n) is 14.7. The van der Waals surface area contributed by atoms with Gasteiger partial charge in [-0.1, -0.05) is 35.9 Å². The molecule has 1 aliphatic rings. The van der Waals surface area contributed by atoms with Crippen LogP contribution in [-0.4, -0.2) is 24.0 Å². The number of rotatable bonds is 6. The molecule has 5 nitrogen and oxygen atoms in total. The van der Waals surface area contributed by atoms with Gasteiger partial charge < -0.3 is 16.0 Å². The van der Waals surface area contributed by atoms with E-state index in [1.165, 1.54) is 16.7 Å². The number of primary amides is 1. The highest BCUT2D eigenvalue weighted by molar-refractivity contribution is 5.77. The molecule has 1 saturated heterocycles. The number of piperidine rings is 1. The van der Waals surface area contributed by atoms with Crippen LogP contribution < -0.4 is 16.0 Å². The van der Waals surface area contributed by atoms with Crippen LogP contribution in [0, 0.1) is 12.8 Å². The van der Waals surface area contributed by atoms with Crippen LogP contribution in [0.25, 0.3) is 0 Å². The van der Waals surface area contributed by atoms with Gasteiger partial charge in [0, 0.05) is 43.9 Å². The van der Waals surface area contributed by atoms with E-state index in [2.05, 4.69) is 52.5 Å². The quantitative estimate of drug-likeness (QED) is 0.848. The summed E-state index contributed by atoms with van der Waals surface area (Å²) in [5, 5.41) is 3.51. The Hall–Kier alpha value is -2.40. The third-order valence-corrected chi connectivity index (χ3v) is 4.79. The van der Waals surface area contributed by atoms with Crippen LogP contribution in [-0.2, 0) is 17.9 Å². The number of aryl methyl sites for hydroxylation is 1. The lowest BCUT2D eigenvalue weighted by molar-refractivity contribution is -0.122. The number of anilines is 1. The monoisotopic (exact) mass is 338 g/mol. The molecule has 0 atom stereocenters. The maximum atomic E-state index is 11.3. The topological polar surface area (TPSA) is 71.2 Å². The number of pyridine rings is 1. The van der Waals surface area contributed by atoms with Crippen LogP contribution in [0.15, 0.2) is 42.6 Å². The maximum absolute atomic E-state index is 11.3. The zero-order chi connectivity index (χ0) is 17.6. The molecule has 2 heterocycles. The summed E-state index contributed by atoms with van der Waals surface area (Å²) in [6.45, 7) is 5.37. The largest absolute Gasteiger partial charge is 0.369 e. The van der Waals surface area contributed by atoms with Crippen molar-refractivity contribution < 1.29 is 4.79 Å². The van der Waals surface area contributed by atoms with Gasteiger partial charge in [0.05, 0.1) is 0 Å². The van der Waals surface area contributed by atoms with Crippen LogP contribution >= 0.6 is 0 Å². The number of nitrogens with zero attached hydrogens (tertiary/aromatic N) is 2.